The molecule has 3 aromatic rings. The third-order valence-corrected chi connectivity index (χ3v) is 13.9. The van der Waals surface area contributed by atoms with Crippen molar-refractivity contribution in [2.75, 3.05) is 11.9 Å². The fourth-order valence-electron chi connectivity index (χ4n) is 5.04. The van der Waals surface area contributed by atoms with E-state index >= 15 is 8.78 Å². The number of carbonyl (C=O) groups is 1. The Morgan fingerprint density at radius 3 is 1.25 bits per heavy atom. The quantitative estimate of drug-likeness (QED) is 0.0984. The molecule has 266 valence electrons. The van der Waals surface area contributed by atoms with Crippen LogP contribution in [0.5, 0.6) is 0 Å². The Labute approximate surface area is 297 Å². The van der Waals surface area contributed by atoms with Gasteiger partial charge in [0.2, 0.25) is 0 Å². The maximum Gasteiger partial charge on any atom is 0.466 e. The lowest BCUT2D eigenvalue weighted by atomic mass is 9.87. The lowest BCUT2D eigenvalue weighted by Crippen LogP contribution is -2.41. The highest BCUT2D eigenvalue weighted by molar-refractivity contribution is 9.09. The standard InChI is InChI=1S/C38H51BrF2O5S2/c1-35(2,3)28-14-20-31(21-15-28)47(32-22-16-29(17-23-32)36(4,5)6,33-24-18-30(19-25-33)37(7,8)9)46-48(43,44)38(40,41)34(42)45-27-13-11-10-12-26-39/h14-25H,10-13,26-27H2,1-9H3. The minimum absolute atomic E-state index is 0.225. The second-order valence-corrected chi connectivity index (χ2v) is 20.4. The summed E-state index contributed by atoms with van der Waals surface area (Å²) in [4.78, 5) is 13.9. The Bertz CT molecular complexity index is 1480. The van der Waals surface area contributed by atoms with E-state index in [1.807, 2.05) is 98.7 Å². The number of hydrogen-bond acceptors (Lipinski definition) is 5. The Balaban J connectivity index is 2.27. The smallest absolute Gasteiger partial charge is 0.460 e. The van der Waals surface area contributed by atoms with Gasteiger partial charge in [0.05, 0.1) is 6.61 Å². The summed E-state index contributed by atoms with van der Waals surface area (Å²) in [5.74, 6) is -2.15. The Morgan fingerprint density at radius 2 is 0.938 bits per heavy atom. The number of ether oxygens (including phenoxy) is 1. The van der Waals surface area contributed by atoms with E-state index in [1.165, 1.54) is 0 Å². The maximum atomic E-state index is 15.8. The second kappa shape index (κ2) is 15.3. The fraction of sp³-hybridized carbons (Fsp3) is 0.500. The molecule has 0 N–H and O–H groups in total. The van der Waals surface area contributed by atoms with Crippen molar-refractivity contribution in [3.8, 4) is 0 Å². The summed E-state index contributed by atoms with van der Waals surface area (Å²) in [6.07, 6.45) is 2.70. The van der Waals surface area contributed by atoms with Crippen molar-refractivity contribution in [1.29, 1.82) is 0 Å². The Kier molecular flexibility index (Phi) is 12.8. The van der Waals surface area contributed by atoms with Gasteiger partial charge >= 0.3 is 21.3 Å². The van der Waals surface area contributed by atoms with Crippen molar-refractivity contribution in [2.24, 2.45) is 0 Å². The van der Waals surface area contributed by atoms with Gasteiger partial charge in [0.1, 0.15) is 0 Å². The SMILES string of the molecule is CC(C)(C)c1ccc(S(OS(=O)(=O)C(F)(F)C(=O)OCCCCCCBr)(c2ccc(C(C)(C)C)cc2)c2ccc(C(C)(C)C)cc2)cc1. The van der Waals surface area contributed by atoms with Crippen molar-refractivity contribution in [2.45, 2.75) is 124 Å². The van der Waals surface area contributed by atoms with Crippen LogP contribution in [0.1, 0.15) is 105 Å². The monoisotopic (exact) mass is 768 g/mol. The zero-order chi connectivity index (χ0) is 36.2. The number of halogens is 3. The van der Waals surface area contributed by atoms with Crippen molar-refractivity contribution in [3.63, 3.8) is 0 Å². The van der Waals surface area contributed by atoms with Gasteiger partial charge in [0, 0.05) is 20.0 Å². The zero-order valence-electron chi connectivity index (χ0n) is 29.7. The molecule has 0 radical (unpaired) electrons. The summed E-state index contributed by atoms with van der Waals surface area (Å²) in [5, 5.41) is -4.15. The third kappa shape index (κ3) is 9.29. The molecule has 0 amide bonds. The summed E-state index contributed by atoms with van der Waals surface area (Å²) in [5.41, 5.74) is 2.24. The largest absolute Gasteiger partial charge is 0.466 e. The van der Waals surface area contributed by atoms with Crippen molar-refractivity contribution in [1.82, 2.24) is 0 Å². The van der Waals surface area contributed by atoms with Crippen LogP contribution in [-0.2, 0) is 39.5 Å². The van der Waals surface area contributed by atoms with E-state index in [2.05, 4.69) is 15.9 Å². The minimum atomic E-state index is -5.91. The first kappa shape index (κ1) is 40.2. The zero-order valence-corrected chi connectivity index (χ0v) is 32.9. The minimum Gasteiger partial charge on any atom is -0.460 e. The lowest BCUT2D eigenvalue weighted by Gasteiger charge is -2.40. The van der Waals surface area contributed by atoms with E-state index in [-0.39, 0.29) is 22.9 Å². The molecular weight excluding hydrogens is 718 g/mol. The van der Waals surface area contributed by atoms with Crippen LogP contribution in [0.25, 0.3) is 0 Å². The molecule has 0 spiro atoms. The molecule has 0 aromatic heterocycles. The Hall–Kier alpha value is -2.27. The number of alkyl halides is 3. The van der Waals surface area contributed by atoms with Crippen molar-refractivity contribution in [3.05, 3.63) is 89.5 Å². The van der Waals surface area contributed by atoms with Crippen LogP contribution in [0, 0.1) is 0 Å². The summed E-state index contributed by atoms with van der Waals surface area (Å²) in [7, 11) is -9.31. The van der Waals surface area contributed by atoms with Gasteiger partial charge in [-0.25, -0.2) is 8.42 Å². The first-order valence-corrected chi connectivity index (χ1v) is 20.4. The van der Waals surface area contributed by atoms with Gasteiger partial charge in [-0.1, -0.05) is 127 Å². The van der Waals surface area contributed by atoms with E-state index in [9.17, 15) is 13.2 Å². The van der Waals surface area contributed by atoms with Crippen LogP contribution in [0.15, 0.2) is 87.5 Å². The van der Waals surface area contributed by atoms with E-state index in [0.717, 1.165) is 34.9 Å². The first-order chi connectivity index (χ1) is 22.1. The second-order valence-electron chi connectivity index (χ2n) is 15.2. The highest BCUT2D eigenvalue weighted by atomic mass is 79.9. The molecule has 3 aromatic carbocycles. The van der Waals surface area contributed by atoms with E-state index < -0.39 is 31.7 Å². The molecule has 0 saturated heterocycles. The number of rotatable bonds is 13. The van der Waals surface area contributed by atoms with E-state index in [0.29, 0.717) is 27.5 Å². The van der Waals surface area contributed by atoms with Crippen LogP contribution >= 0.6 is 26.2 Å². The number of unbranched alkanes of at least 4 members (excludes halogenated alkanes) is 3. The molecule has 0 atom stereocenters. The van der Waals surface area contributed by atoms with Crippen LogP contribution in [0.4, 0.5) is 8.78 Å². The molecule has 5 nitrogen and oxygen atoms in total. The van der Waals surface area contributed by atoms with Gasteiger partial charge in [-0.2, -0.15) is 17.2 Å². The highest BCUT2D eigenvalue weighted by Crippen LogP contribution is 2.71. The average Bonchev–Trinajstić information content (AvgIpc) is 3.00. The lowest BCUT2D eigenvalue weighted by molar-refractivity contribution is -0.161. The predicted octanol–water partition coefficient (Wildman–Crippen LogP) is 11.2. The molecule has 0 aliphatic heterocycles. The molecule has 0 bridgehead atoms. The molecule has 0 aliphatic rings. The predicted molar refractivity (Wildman–Crippen MR) is 196 cm³/mol. The maximum absolute atomic E-state index is 15.8. The van der Waals surface area contributed by atoms with Crippen LogP contribution in [-0.4, -0.2) is 31.6 Å². The summed E-state index contributed by atoms with van der Waals surface area (Å²) in [6, 6.07) is 21.6. The van der Waals surface area contributed by atoms with Crippen LogP contribution < -0.4 is 0 Å². The summed E-state index contributed by atoms with van der Waals surface area (Å²) >= 11 is 3.34. The molecular formula is C38H51BrF2O5S2. The number of benzene rings is 3. The highest BCUT2D eigenvalue weighted by Gasteiger charge is 2.59. The average molecular weight is 770 g/mol. The van der Waals surface area contributed by atoms with Gasteiger partial charge in [-0.3, -0.25) is 0 Å². The van der Waals surface area contributed by atoms with Gasteiger partial charge in [0.25, 0.3) is 0 Å². The molecule has 0 heterocycles. The van der Waals surface area contributed by atoms with Gasteiger partial charge < -0.3 is 4.74 Å². The van der Waals surface area contributed by atoms with Crippen LogP contribution in [0.2, 0.25) is 0 Å². The molecule has 48 heavy (non-hydrogen) atoms. The normalized spacial score (nSPS) is 13.8. The Morgan fingerprint density at radius 1 is 0.604 bits per heavy atom. The topological polar surface area (TPSA) is 69.7 Å². The first-order valence-electron chi connectivity index (χ1n) is 16.3. The van der Waals surface area contributed by atoms with Gasteiger partial charge in [0.15, 0.2) is 0 Å². The summed E-state index contributed by atoms with van der Waals surface area (Å²) < 4.78 is 69.9. The number of hydrogen-bond donors (Lipinski definition) is 0. The molecule has 0 unspecified atom stereocenters. The molecule has 3 rings (SSSR count). The summed E-state index contributed by atoms with van der Waals surface area (Å²) in [6.45, 7) is 18.1. The van der Waals surface area contributed by atoms with Crippen molar-refractivity contribution >= 4 is 42.3 Å². The molecule has 0 aliphatic carbocycles. The van der Waals surface area contributed by atoms with E-state index in [1.54, 1.807) is 36.4 Å². The van der Waals surface area contributed by atoms with Crippen LogP contribution in [0.3, 0.4) is 0 Å². The fourth-order valence-corrected chi connectivity index (χ4v) is 10.4. The number of carbonyl (C=O) groups excluding carboxylic acids is 1. The van der Waals surface area contributed by atoms with Gasteiger partial charge in [-0.15, -0.1) is 0 Å². The third-order valence-electron chi connectivity index (χ3n) is 8.16. The molecule has 10 heteroatoms. The molecule has 0 saturated carbocycles. The van der Waals surface area contributed by atoms with Crippen molar-refractivity contribution < 1.29 is 30.4 Å². The number of esters is 1. The van der Waals surface area contributed by atoms with E-state index in [4.69, 9.17) is 8.37 Å². The van der Waals surface area contributed by atoms with Gasteiger partial charge in [-0.05, 0) is 92.5 Å². The molecule has 0 fully saturated rings.